The fourth-order valence-corrected chi connectivity index (χ4v) is 1.36. The van der Waals surface area contributed by atoms with Crippen LogP contribution in [-0.2, 0) is 0 Å². The summed E-state index contributed by atoms with van der Waals surface area (Å²) in [6.07, 6.45) is 3.18. The molecular weight excluding hydrogens is 186 g/mol. The van der Waals surface area contributed by atoms with Crippen molar-refractivity contribution in [2.24, 2.45) is 0 Å². The van der Waals surface area contributed by atoms with Crippen LogP contribution in [0.5, 0.6) is 0 Å². The maximum absolute atomic E-state index is 5.72. The molecule has 1 aromatic carbocycles. The minimum Gasteiger partial charge on any atom is -0.382 e. The summed E-state index contributed by atoms with van der Waals surface area (Å²) >= 11 is 0. The lowest BCUT2D eigenvalue weighted by atomic mass is 10.0. The van der Waals surface area contributed by atoms with E-state index in [1.165, 1.54) is 0 Å². The molecule has 15 heavy (non-hydrogen) atoms. The predicted molar refractivity (Wildman–Crippen MR) is 61.0 cm³/mol. The van der Waals surface area contributed by atoms with Gasteiger partial charge in [-0.05, 0) is 5.56 Å². The van der Waals surface area contributed by atoms with E-state index in [2.05, 4.69) is 16.5 Å². The summed E-state index contributed by atoms with van der Waals surface area (Å²) in [4.78, 5) is 8.15. The van der Waals surface area contributed by atoms with E-state index in [4.69, 9.17) is 5.73 Å². The fraction of sp³-hybridized carbons (Fsp3) is 0. The number of aromatic nitrogens is 2. The molecule has 0 saturated heterocycles. The van der Waals surface area contributed by atoms with Crippen LogP contribution < -0.4 is 5.73 Å². The first-order valence-corrected chi connectivity index (χ1v) is 4.60. The minimum atomic E-state index is 0.409. The standard InChI is InChI=1S/C12H11N3/c1-9(10-5-3-2-4-6-10)11-12(13)15-8-7-14-11/h2-8H,1H2,(H2,13,15). The Morgan fingerprint density at radius 2 is 1.73 bits per heavy atom. The highest BCUT2D eigenvalue weighted by Crippen LogP contribution is 2.22. The van der Waals surface area contributed by atoms with E-state index in [1.54, 1.807) is 12.4 Å². The van der Waals surface area contributed by atoms with Crippen molar-refractivity contribution in [2.45, 2.75) is 0 Å². The molecule has 1 aromatic heterocycles. The quantitative estimate of drug-likeness (QED) is 0.802. The molecular formula is C12H11N3. The van der Waals surface area contributed by atoms with Crippen molar-refractivity contribution in [1.29, 1.82) is 0 Å². The van der Waals surface area contributed by atoms with Gasteiger partial charge in [0.15, 0.2) is 0 Å². The average Bonchev–Trinajstić information content (AvgIpc) is 2.30. The second-order valence-electron chi connectivity index (χ2n) is 3.13. The van der Waals surface area contributed by atoms with Crippen LogP contribution in [0.2, 0.25) is 0 Å². The van der Waals surface area contributed by atoms with Gasteiger partial charge in [0.25, 0.3) is 0 Å². The highest BCUT2D eigenvalue weighted by Gasteiger charge is 2.06. The van der Waals surface area contributed by atoms with Crippen LogP contribution in [0.1, 0.15) is 11.3 Å². The Hall–Kier alpha value is -2.16. The van der Waals surface area contributed by atoms with Crippen molar-refractivity contribution in [3.05, 3.63) is 60.6 Å². The molecule has 0 fully saturated rings. The van der Waals surface area contributed by atoms with Gasteiger partial charge in [-0.2, -0.15) is 0 Å². The molecule has 0 aliphatic carbocycles. The van der Waals surface area contributed by atoms with Crippen molar-refractivity contribution in [1.82, 2.24) is 9.97 Å². The van der Waals surface area contributed by atoms with Crippen LogP contribution in [0.4, 0.5) is 5.82 Å². The van der Waals surface area contributed by atoms with Gasteiger partial charge in [0.2, 0.25) is 0 Å². The lowest BCUT2D eigenvalue weighted by molar-refractivity contribution is 1.18. The highest BCUT2D eigenvalue weighted by atomic mass is 14.9. The molecule has 1 heterocycles. The summed E-state index contributed by atoms with van der Waals surface area (Å²) in [7, 11) is 0. The lowest BCUT2D eigenvalue weighted by Gasteiger charge is -2.06. The number of anilines is 1. The first-order valence-electron chi connectivity index (χ1n) is 4.60. The van der Waals surface area contributed by atoms with Crippen molar-refractivity contribution < 1.29 is 0 Å². The second kappa shape index (κ2) is 3.92. The zero-order valence-corrected chi connectivity index (χ0v) is 8.22. The summed E-state index contributed by atoms with van der Waals surface area (Å²) in [5.41, 5.74) is 8.16. The topological polar surface area (TPSA) is 51.8 Å². The third-order valence-corrected chi connectivity index (χ3v) is 2.13. The van der Waals surface area contributed by atoms with Crippen molar-refractivity contribution >= 4 is 11.4 Å². The molecule has 3 nitrogen and oxygen atoms in total. The van der Waals surface area contributed by atoms with Gasteiger partial charge >= 0.3 is 0 Å². The van der Waals surface area contributed by atoms with Crippen LogP contribution in [0, 0.1) is 0 Å². The van der Waals surface area contributed by atoms with Crippen molar-refractivity contribution in [3.8, 4) is 0 Å². The van der Waals surface area contributed by atoms with E-state index in [0.717, 1.165) is 11.1 Å². The smallest absolute Gasteiger partial charge is 0.149 e. The maximum atomic E-state index is 5.72. The maximum Gasteiger partial charge on any atom is 0.149 e. The van der Waals surface area contributed by atoms with Crippen molar-refractivity contribution in [2.75, 3.05) is 5.73 Å². The van der Waals surface area contributed by atoms with Gasteiger partial charge in [-0.15, -0.1) is 0 Å². The molecule has 0 amide bonds. The number of hydrogen-bond donors (Lipinski definition) is 1. The number of benzene rings is 1. The molecule has 2 N–H and O–H groups in total. The summed E-state index contributed by atoms with van der Waals surface area (Å²) < 4.78 is 0. The van der Waals surface area contributed by atoms with Gasteiger partial charge in [0.05, 0.1) is 0 Å². The van der Waals surface area contributed by atoms with Gasteiger partial charge in [-0.1, -0.05) is 36.9 Å². The van der Waals surface area contributed by atoms with Crippen LogP contribution in [0.15, 0.2) is 49.3 Å². The summed E-state index contributed by atoms with van der Waals surface area (Å²) in [6, 6.07) is 9.80. The molecule has 0 spiro atoms. The largest absolute Gasteiger partial charge is 0.382 e. The van der Waals surface area contributed by atoms with Gasteiger partial charge in [0, 0.05) is 18.0 Å². The molecule has 74 valence electrons. The van der Waals surface area contributed by atoms with Gasteiger partial charge in [-0.25, -0.2) is 4.98 Å². The minimum absolute atomic E-state index is 0.409. The molecule has 0 radical (unpaired) electrons. The Morgan fingerprint density at radius 3 is 2.40 bits per heavy atom. The Balaban J connectivity index is 2.42. The number of rotatable bonds is 2. The highest BCUT2D eigenvalue weighted by molar-refractivity contribution is 5.80. The fourth-order valence-electron chi connectivity index (χ4n) is 1.36. The van der Waals surface area contributed by atoms with Crippen LogP contribution in [0.3, 0.4) is 0 Å². The Kier molecular flexibility index (Phi) is 2.46. The van der Waals surface area contributed by atoms with E-state index >= 15 is 0 Å². The first-order chi connectivity index (χ1) is 7.29. The monoisotopic (exact) mass is 197 g/mol. The molecule has 2 aromatic rings. The SMILES string of the molecule is C=C(c1ccccc1)c1nccnc1N. The molecule has 0 aliphatic heterocycles. The number of nitrogens with zero attached hydrogens (tertiary/aromatic N) is 2. The third-order valence-electron chi connectivity index (χ3n) is 2.13. The normalized spacial score (nSPS) is 9.87. The van der Waals surface area contributed by atoms with E-state index in [9.17, 15) is 0 Å². The van der Waals surface area contributed by atoms with Crippen LogP contribution in [0.25, 0.3) is 5.57 Å². The summed E-state index contributed by atoms with van der Waals surface area (Å²) in [5.74, 6) is 0.409. The molecule has 2 rings (SSSR count). The van der Waals surface area contributed by atoms with E-state index in [-0.39, 0.29) is 0 Å². The second-order valence-corrected chi connectivity index (χ2v) is 3.13. The van der Waals surface area contributed by atoms with E-state index in [1.807, 2.05) is 30.3 Å². The van der Waals surface area contributed by atoms with Crippen molar-refractivity contribution in [3.63, 3.8) is 0 Å². The molecule has 0 atom stereocenters. The zero-order valence-electron chi connectivity index (χ0n) is 8.22. The average molecular weight is 197 g/mol. The van der Waals surface area contributed by atoms with Crippen LogP contribution >= 0.6 is 0 Å². The molecule has 3 heteroatoms. The zero-order chi connectivity index (χ0) is 10.7. The van der Waals surface area contributed by atoms with Crippen LogP contribution in [-0.4, -0.2) is 9.97 Å². The summed E-state index contributed by atoms with van der Waals surface area (Å²) in [6.45, 7) is 3.97. The first kappa shape index (κ1) is 9.40. The lowest BCUT2D eigenvalue weighted by Crippen LogP contribution is -1.99. The summed E-state index contributed by atoms with van der Waals surface area (Å²) in [5, 5.41) is 0. The Labute approximate surface area is 88.3 Å². The Bertz CT molecular complexity index is 477. The van der Waals surface area contributed by atoms with E-state index in [0.29, 0.717) is 11.5 Å². The molecule has 0 bridgehead atoms. The van der Waals surface area contributed by atoms with Gasteiger partial charge in [-0.3, -0.25) is 4.98 Å². The number of hydrogen-bond acceptors (Lipinski definition) is 3. The van der Waals surface area contributed by atoms with Gasteiger partial charge < -0.3 is 5.73 Å². The molecule has 0 saturated carbocycles. The number of nitrogen functional groups attached to an aromatic ring is 1. The molecule has 0 unspecified atom stereocenters. The third kappa shape index (κ3) is 1.86. The number of nitrogens with two attached hydrogens (primary N) is 1. The van der Waals surface area contributed by atoms with E-state index < -0.39 is 0 Å². The van der Waals surface area contributed by atoms with Gasteiger partial charge in [0.1, 0.15) is 11.5 Å². The molecule has 0 aliphatic rings. The Morgan fingerprint density at radius 1 is 1.07 bits per heavy atom. The predicted octanol–water partition coefficient (Wildman–Crippen LogP) is 2.12.